The molecule has 0 radical (unpaired) electrons. The molecule has 1 aliphatic heterocycles. The van der Waals surface area contributed by atoms with Crippen molar-refractivity contribution in [1.82, 2.24) is 5.32 Å². The average Bonchev–Trinajstić information content (AvgIpc) is 2.78. The van der Waals surface area contributed by atoms with Crippen LogP contribution in [0.1, 0.15) is 19.3 Å². The van der Waals surface area contributed by atoms with Crippen LogP contribution in [0.15, 0.2) is 0 Å². The summed E-state index contributed by atoms with van der Waals surface area (Å²) in [6, 6.07) is -0.354. The van der Waals surface area contributed by atoms with Crippen LogP contribution in [0.5, 0.6) is 0 Å². The molecule has 94 valence electrons. The quantitative estimate of drug-likeness (QED) is 0.691. The first-order valence-electron chi connectivity index (χ1n) is 5.84. The minimum absolute atomic E-state index is 0.0204. The van der Waals surface area contributed by atoms with E-state index in [2.05, 4.69) is 5.32 Å². The van der Waals surface area contributed by atoms with Crippen LogP contribution in [0.3, 0.4) is 0 Å². The Hall–Kier alpha value is -0.260. The fourth-order valence-corrected chi connectivity index (χ4v) is 2.21. The molecule has 3 N–H and O–H groups in total. The van der Waals surface area contributed by atoms with E-state index in [1.54, 1.807) is 11.8 Å². The summed E-state index contributed by atoms with van der Waals surface area (Å²) in [5.41, 5.74) is 5.75. The standard InChI is InChI=1S/C11H22N2O2S/c1-16-7-4-10(12)11(14)13-5-2-9-3-6-15-8-9/h9-10H,2-8,12H2,1H3,(H,13,14)/t9?,10-/m0/s1. The molecule has 0 bridgehead atoms. The SMILES string of the molecule is CSCC[C@H](N)C(=O)NCCC1CCOC1. The van der Waals surface area contributed by atoms with Crippen molar-refractivity contribution in [2.45, 2.75) is 25.3 Å². The van der Waals surface area contributed by atoms with E-state index in [0.29, 0.717) is 5.92 Å². The Morgan fingerprint density at radius 2 is 2.50 bits per heavy atom. The van der Waals surface area contributed by atoms with Crippen LogP contribution in [0.4, 0.5) is 0 Å². The minimum atomic E-state index is -0.354. The summed E-state index contributed by atoms with van der Waals surface area (Å²) in [5, 5.41) is 2.89. The van der Waals surface area contributed by atoms with E-state index in [9.17, 15) is 4.79 Å². The number of hydrogen-bond donors (Lipinski definition) is 2. The van der Waals surface area contributed by atoms with Crippen LogP contribution < -0.4 is 11.1 Å². The van der Waals surface area contributed by atoms with Gasteiger partial charge in [0.2, 0.25) is 5.91 Å². The molecule has 0 aromatic rings. The number of nitrogens with two attached hydrogens (primary N) is 1. The van der Waals surface area contributed by atoms with Crippen molar-refractivity contribution in [1.29, 1.82) is 0 Å². The highest BCUT2D eigenvalue weighted by Crippen LogP contribution is 2.15. The third kappa shape index (κ3) is 5.18. The zero-order chi connectivity index (χ0) is 11.8. The molecule has 2 atom stereocenters. The van der Waals surface area contributed by atoms with Gasteiger partial charge in [0.05, 0.1) is 6.04 Å². The van der Waals surface area contributed by atoms with Crippen molar-refractivity contribution >= 4 is 17.7 Å². The summed E-state index contributed by atoms with van der Waals surface area (Å²) in [5.74, 6) is 1.53. The van der Waals surface area contributed by atoms with Crippen LogP contribution in [0, 0.1) is 5.92 Å². The van der Waals surface area contributed by atoms with E-state index >= 15 is 0 Å². The largest absolute Gasteiger partial charge is 0.381 e. The molecule has 1 saturated heterocycles. The fraction of sp³-hybridized carbons (Fsp3) is 0.909. The zero-order valence-corrected chi connectivity index (χ0v) is 10.7. The van der Waals surface area contributed by atoms with Crippen LogP contribution in [-0.4, -0.2) is 43.7 Å². The second-order valence-electron chi connectivity index (χ2n) is 4.20. The minimum Gasteiger partial charge on any atom is -0.381 e. The maximum Gasteiger partial charge on any atom is 0.236 e. The molecule has 1 rings (SSSR count). The van der Waals surface area contributed by atoms with Gasteiger partial charge in [-0.2, -0.15) is 11.8 Å². The van der Waals surface area contributed by atoms with E-state index in [1.165, 1.54) is 0 Å². The third-order valence-electron chi connectivity index (χ3n) is 2.85. The molecule has 5 heteroatoms. The number of nitrogens with one attached hydrogen (secondary N) is 1. The average molecular weight is 246 g/mol. The summed E-state index contributed by atoms with van der Waals surface area (Å²) >= 11 is 1.72. The summed E-state index contributed by atoms with van der Waals surface area (Å²) < 4.78 is 5.28. The van der Waals surface area contributed by atoms with Gasteiger partial charge >= 0.3 is 0 Å². The molecule has 0 aliphatic carbocycles. The molecule has 1 fully saturated rings. The van der Waals surface area contributed by atoms with Crippen LogP contribution in [0.2, 0.25) is 0 Å². The summed E-state index contributed by atoms with van der Waals surface area (Å²) in [4.78, 5) is 11.5. The van der Waals surface area contributed by atoms with Crippen molar-refractivity contribution in [3.8, 4) is 0 Å². The number of hydrogen-bond acceptors (Lipinski definition) is 4. The molecule has 0 saturated carbocycles. The molecule has 1 aliphatic rings. The number of rotatable bonds is 7. The molecule has 1 heterocycles. The molecular weight excluding hydrogens is 224 g/mol. The lowest BCUT2D eigenvalue weighted by atomic mass is 10.1. The van der Waals surface area contributed by atoms with Crippen molar-refractivity contribution in [3.63, 3.8) is 0 Å². The molecule has 1 unspecified atom stereocenters. The van der Waals surface area contributed by atoms with Crippen LogP contribution >= 0.6 is 11.8 Å². The van der Waals surface area contributed by atoms with E-state index in [1.807, 2.05) is 6.26 Å². The summed E-state index contributed by atoms with van der Waals surface area (Å²) in [6.45, 7) is 2.43. The van der Waals surface area contributed by atoms with E-state index in [4.69, 9.17) is 10.5 Å². The second kappa shape index (κ2) is 7.92. The Balaban J connectivity index is 2.04. The summed E-state index contributed by atoms with van der Waals surface area (Å²) in [7, 11) is 0. The predicted octanol–water partition coefficient (Wildman–Crippen LogP) is 0.610. The monoisotopic (exact) mass is 246 g/mol. The van der Waals surface area contributed by atoms with Gasteiger partial charge in [0.25, 0.3) is 0 Å². The maximum absolute atomic E-state index is 11.5. The zero-order valence-electron chi connectivity index (χ0n) is 9.91. The van der Waals surface area contributed by atoms with Gasteiger partial charge in [-0.25, -0.2) is 0 Å². The summed E-state index contributed by atoms with van der Waals surface area (Å²) in [6.07, 6.45) is 4.89. The van der Waals surface area contributed by atoms with Crippen molar-refractivity contribution in [2.24, 2.45) is 11.7 Å². The van der Waals surface area contributed by atoms with Crippen molar-refractivity contribution in [3.05, 3.63) is 0 Å². The molecule has 0 spiro atoms. The number of ether oxygens (including phenoxy) is 1. The topological polar surface area (TPSA) is 64.4 Å². The van der Waals surface area contributed by atoms with Crippen LogP contribution in [0.25, 0.3) is 0 Å². The van der Waals surface area contributed by atoms with Gasteiger partial charge in [0.15, 0.2) is 0 Å². The molecular formula is C11H22N2O2S. The van der Waals surface area contributed by atoms with Gasteiger partial charge in [-0.15, -0.1) is 0 Å². The Morgan fingerprint density at radius 3 is 3.12 bits per heavy atom. The Bertz CT molecular complexity index is 208. The lowest BCUT2D eigenvalue weighted by molar-refractivity contribution is -0.122. The van der Waals surface area contributed by atoms with Crippen molar-refractivity contribution in [2.75, 3.05) is 31.8 Å². The number of thioether (sulfide) groups is 1. The van der Waals surface area contributed by atoms with E-state index in [-0.39, 0.29) is 11.9 Å². The molecule has 0 aromatic carbocycles. The van der Waals surface area contributed by atoms with Crippen LogP contribution in [-0.2, 0) is 9.53 Å². The first kappa shape index (κ1) is 13.8. The molecule has 0 aromatic heterocycles. The first-order chi connectivity index (χ1) is 7.74. The van der Waals surface area contributed by atoms with Gasteiger partial charge in [0, 0.05) is 19.8 Å². The number of carbonyl (C=O) groups is 1. The molecule has 1 amide bonds. The number of carbonyl (C=O) groups excluding carboxylic acids is 1. The predicted molar refractivity (Wildman–Crippen MR) is 67.5 cm³/mol. The fourth-order valence-electron chi connectivity index (χ4n) is 1.72. The van der Waals surface area contributed by atoms with Crippen molar-refractivity contribution < 1.29 is 9.53 Å². The highest BCUT2D eigenvalue weighted by atomic mass is 32.2. The first-order valence-corrected chi connectivity index (χ1v) is 7.23. The van der Waals surface area contributed by atoms with E-state index in [0.717, 1.165) is 44.8 Å². The Morgan fingerprint density at radius 1 is 1.69 bits per heavy atom. The van der Waals surface area contributed by atoms with Gasteiger partial charge in [0.1, 0.15) is 0 Å². The molecule has 4 nitrogen and oxygen atoms in total. The van der Waals surface area contributed by atoms with Gasteiger partial charge in [-0.3, -0.25) is 4.79 Å². The number of amides is 1. The molecule has 16 heavy (non-hydrogen) atoms. The normalized spacial score (nSPS) is 22.0. The van der Waals surface area contributed by atoms with Gasteiger partial charge < -0.3 is 15.8 Å². The lowest BCUT2D eigenvalue weighted by Gasteiger charge is -2.13. The Labute approximate surface area is 102 Å². The Kier molecular flexibility index (Phi) is 6.84. The van der Waals surface area contributed by atoms with E-state index < -0.39 is 0 Å². The third-order valence-corrected chi connectivity index (χ3v) is 3.49. The smallest absolute Gasteiger partial charge is 0.236 e. The highest BCUT2D eigenvalue weighted by Gasteiger charge is 2.16. The lowest BCUT2D eigenvalue weighted by Crippen LogP contribution is -2.41. The highest BCUT2D eigenvalue weighted by molar-refractivity contribution is 7.98. The van der Waals surface area contributed by atoms with Gasteiger partial charge in [-0.05, 0) is 37.2 Å². The second-order valence-corrected chi connectivity index (χ2v) is 5.18. The van der Waals surface area contributed by atoms with Gasteiger partial charge in [-0.1, -0.05) is 0 Å². The maximum atomic E-state index is 11.5.